The van der Waals surface area contributed by atoms with Crippen molar-refractivity contribution in [3.8, 4) is 17.0 Å². The molecule has 1 aromatic carbocycles. The van der Waals surface area contributed by atoms with Crippen molar-refractivity contribution in [1.82, 2.24) is 14.3 Å². The van der Waals surface area contributed by atoms with Crippen molar-refractivity contribution in [2.75, 3.05) is 51.8 Å². The summed E-state index contributed by atoms with van der Waals surface area (Å²) in [5, 5.41) is 4.23. The molecule has 0 radical (unpaired) electrons. The molecule has 0 unspecified atom stereocenters. The average molecular weight is 387 g/mol. The van der Waals surface area contributed by atoms with Gasteiger partial charge in [-0.25, -0.2) is 4.98 Å². The molecule has 1 aliphatic rings. The van der Waals surface area contributed by atoms with Gasteiger partial charge in [0.25, 0.3) is 0 Å². The van der Waals surface area contributed by atoms with E-state index in [9.17, 15) is 0 Å². The summed E-state index contributed by atoms with van der Waals surface area (Å²) < 4.78 is 13.0. The van der Waals surface area contributed by atoms with E-state index in [1.54, 1.807) is 7.11 Å². The van der Waals surface area contributed by atoms with E-state index in [2.05, 4.69) is 10.2 Å². The molecule has 1 saturated heterocycles. The second kappa shape index (κ2) is 8.17. The molecule has 1 fully saturated rings. The first kappa shape index (κ1) is 18.1. The monoisotopic (exact) mass is 386 g/mol. The second-order valence-electron chi connectivity index (χ2n) is 6.47. The number of hydrogen-bond donors (Lipinski definition) is 1. The summed E-state index contributed by atoms with van der Waals surface area (Å²) in [7, 11) is 1.68. The van der Waals surface area contributed by atoms with Gasteiger partial charge in [0.2, 0.25) is 0 Å². The Morgan fingerprint density at radius 2 is 2.00 bits per heavy atom. The van der Waals surface area contributed by atoms with Crippen LogP contribution in [0.3, 0.4) is 0 Å². The number of hydrogen-bond acceptors (Lipinski definition) is 5. The summed E-state index contributed by atoms with van der Waals surface area (Å²) in [5.41, 5.74) is 2.65. The van der Waals surface area contributed by atoms with Crippen molar-refractivity contribution < 1.29 is 9.47 Å². The Balaban J connectivity index is 1.67. The first-order valence-electron chi connectivity index (χ1n) is 9.11. The van der Waals surface area contributed by atoms with Crippen LogP contribution in [0.1, 0.15) is 0 Å². The van der Waals surface area contributed by atoms with E-state index in [4.69, 9.17) is 26.1 Å². The zero-order valence-electron chi connectivity index (χ0n) is 15.3. The standard InChI is InChI=1S/C20H23ClN4O2/c1-26-17-5-3-2-4-16(17)19-20(22-8-9-24-10-12-27-13-11-24)25-14-15(21)6-7-18(25)23-19/h2-7,14,22H,8-13H2,1H3. The molecule has 0 bridgehead atoms. The maximum Gasteiger partial charge on any atom is 0.139 e. The quantitative estimate of drug-likeness (QED) is 0.703. The third-order valence-electron chi connectivity index (χ3n) is 4.77. The molecule has 4 rings (SSSR count). The van der Waals surface area contributed by atoms with Gasteiger partial charge in [0.05, 0.1) is 25.3 Å². The summed E-state index contributed by atoms with van der Waals surface area (Å²) in [6.07, 6.45) is 1.89. The molecule has 2 aromatic heterocycles. The Bertz CT molecular complexity index is 921. The summed E-state index contributed by atoms with van der Waals surface area (Å²) >= 11 is 6.24. The topological polar surface area (TPSA) is 51.0 Å². The lowest BCUT2D eigenvalue weighted by Crippen LogP contribution is -2.39. The van der Waals surface area contributed by atoms with Crippen LogP contribution < -0.4 is 10.1 Å². The van der Waals surface area contributed by atoms with E-state index in [-0.39, 0.29) is 0 Å². The predicted octanol–water partition coefficient (Wildman–Crippen LogP) is 3.41. The van der Waals surface area contributed by atoms with Gasteiger partial charge >= 0.3 is 0 Å². The number of morpholine rings is 1. The van der Waals surface area contributed by atoms with Crippen LogP contribution in [0.25, 0.3) is 16.9 Å². The lowest BCUT2D eigenvalue weighted by Gasteiger charge is -2.26. The van der Waals surface area contributed by atoms with Crippen LogP contribution in [-0.4, -0.2) is 60.8 Å². The maximum atomic E-state index is 6.24. The number of nitrogens with zero attached hydrogens (tertiary/aromatic N) is 3. The van der Waals surface area contributed by atoms with Crippen LogP contribution in [0.2, 0.25) is 5.02 Å². The van der Waals surface area contributed by atoms with Gasteiger partial charge in [0.15, 0.2) is 0 Å². The van der Waals surface area contributed by atoms with Crippen molar-refractivity contribution in [2.24, 2.45) is 0 Å². The van der Waals surface area contributed by atoms with Gasteiger partial charge in [0, 0.05) is 37.9 Å². The fraction of sp³-hybridized carbons (Fsp3) is 0.350. The Labute approximate surface area is 163 Å². The summed E-state index contributed by atoms with van der Waals surface area (Å²) in [5.74, 6) is 1.72. The van der Waals surface area contributed by atoms with E-state index in [1.807, 2.05) is 47.0 Å². The van der Waals surface area contributed by atoms with Crippen molar-refractivity contribution >= 4 is 23.1 Å². The molecule has 0 aliphatic carbocycles. The highest BCUT2D eigenvalue weighted by atomic mass is 35.5. The number of nitrogens with one attached hydrogen (secondary N) is 1. The molecule has 142 valence electrons. The second-order valence-corrected chi connectivity index (χ2v) is 6.90. The highest BCUT2D eigenvalue weighted by Crippen LogP contribution is 2.35. The summed E-state index contributed by atoms with van der Waals surface area (Å²) in [4.78, 5) is 7.22. The van der Waals surface area contributed by atoms with Crippen LogP contribution in [0.15, 0.2) is 42.6 Å². The molecule has 7 heteroatoms. The zero-order valence-corrected chi connectivity index (χ0v) is 16.1. The van der Waals surface area contributed by atoms with Gasteiger partial charge in [0.1, 0.15) is 22.9 Å². The predicted molar refractivity (Wildman–Crippen MR) is 108 cm³/mol. The minimum atomic E-state index is 0.669. The largest absolute Gasteiger partial charge is 0.496 e. The van der Waals surface area contributed by atoms with Gasteiger partial charge in [-0.1, -0.05) is 23.7 Å². The average Bonchev–Trinajstić information content (AvgIpc) is 3.06. The molecule has 1 aliphatic heterocycles. The van der Waals surface area contributed by atoms with Crippen LogP contribution in [0, 0.1) is 0 Å². The Morgan fingerprint density at radius 1 is 1.19 bits per heavy atom. The van der Waals surface area contributed by atoms with Gasteiger partial charge < -0.3 is 14.8 Å². The molecule has 3 aromatic rings. The molecular formula is C20H23ClN4O2. The lowest BCUT2D eigenvalue weighted by molar-refractivity contribution is 0.0398. The maximum absolute atomic E-state index is 6.24. The van der Waals surface area contributed by atoms with E-state index in [1.165, 1.54) is 0 Å². The normalized spacial score (nSPS) is 15.2. The molecule has 0 amide bonds. The van der Waals surface area contributed by atoms with Crippen molar-refractivity contribution in [2.45, 2.75) is 0 Å². The number of anilines is 1. The van der Waals surface area contributed by atoms with E-state index in [0.717, 1.165) is 67.9 Å². The number of para-hydroxylation sites is 1. The molecule has 0 atom stereocenters. The van der Waals surface area contributed by atoms with Gasteiger partial charge in [-0.3, -0.25) is 9.30 Å². The van der Waals surface area contributed by atoms with Crippen LogP contribution in [0.4, 0.5) is 5.82 Å². The Hall–Kier alpha value is -2.28. The lowest BCUT2D eigenvalue weighted by atomic mass is 10.1. The number of fused-ring (bicyclic) bond motifs is 1. The molecule has 27 heavy (non-hydrogen) atoms. The minimum Gasteiger partial charge on any atom is -0.496 e. The number of pyridine rings is 1. The molecule has 0 spiro atoms. The molecular weight excluding hydrogens is 364 g/mol. The third-order valence-corrected chi connectivity index (χ3v) is 4.99. The fourth-order valence-electron chi connectivity index (χ4n) is 3.37. The van der Waals surface area contributed by atoms with Gasteiger partial charge in [-0.2, -0.15) is 0 Å². The van der Waals surface area contributed by atoms with E-state index >= 15 is 0 Å². The third kappa shape index (κ3) is 3.88. The molecule has 1 N–H and O–H groups in total. The molecule has 6 nitrogen and oxygen atoms in total. The van der Waals surface area contributed by atoms with Gasteiger partial charge in [-0.05, 0) is 24.3 Å². The van der Waals surface area contributed by atoms with Crippen molar-refractivity contribution in [3.05, 3.63) is 47.6 Å². The highest BCUT2D eigenvalue weighted by Gasteiger charge is 2.18. The van der Waals surface area contributed by atoms with Crippen LogP contribution in [0.5, 0.6) is 5.75 Å². The number of rotatable bonds is 6. The number of imidazole rings is 1. The van der Waals surface area contributed by atoms with E-state index in [0.29, 0.717) is 5.02 Å². The highest BCUT2D eigenvalue weighted by molar-refractivity contribution is 6.30. The Morgan fingerprint density at radius 3 is 2.81 bits per heavy atom. The summed E-state index contributed by atoms with van der Waals surface area (Å²) in [6.45, 7) is 5.31. The number of aromatic nitrogens is 2. The van der Waals surface area contributed by atoms with Crippen molar-refractivity contribution in [1.29, 1.82) is 0 Å². The smallest absolute Gasteiger partial charge is 0.139 e. The number of methoxy groups -OCH3 is 1. The first-order valence-corrected chi connectivity index (χ1v) is 9.49. The summed E-state index contributed by atoms with van der Waals surface area (Å²) in [6, 6.07) is 11.7. The molecule has 3 heterocycles. The number of benzene rings is 1. The number of halogens is 1. The minimum absolute atomic E-state index is 0.669. The SMILES string of the molecule is COc1ccccc1-c1nc2ccc(Cl)cn2c1NCCN1CCOCC1. The Kier molecular flexibility index (Phi) is 5.48. The van der Waals surface area contributed by atoms with E-state index < -0.39 is 0 Å². The van der Waals surface area contributed by atoms with Crippen LogP contribution >= 0.6 is 11.6 Å². The number of ether oxygens (including phenoxy) is 2. The first-order chi connectivity index (χ1) is 13.3. The van der Waals surface area contributed by atoms with Crippen LogP contribution in [-0.2, 0) is 4.74 Å². The van der Waals surface area contributed by atoms with Gasteiger partial charge in [-0.15, -0.1) is 0 Å². The van der Waals surface area contributed by atoms with Crippen molar-refractivity contribution in [3.63, 3.8) is 0 Å². The molecule has 0 saturated carbocycles. The zero-order chi connectivity index (χ0) is 18.6. The fourth-order valence-corrected chi connectivity index (χ4v) is 3.53.